The Morgan fingerprint density at radius 2 is 1.89 bits per heavy atom. The molecule has 0 radical (unpaired) electrons. The molecule has 1 aliphatic heterocycles. The van der Waals surface area contributed by atoms with Gasteiger partial charge in [0.05, 0.1) is 12.7 Å². The van der Waals surface area contributed by atoms with Crippen molar-refractivity contribution in [3.8, 4) is 5.75 Å². The summed E-state index contributed by atoms with van der Waals surface area (Å²) in [6.45, 7) is 3.40. The normalized spacial score (nSPS) is 14.9. The maximum absolute atomic E-state index is 13.9. The van der Waals surface area contributed by atoms with Gasteiger partial charge >= 0.3 is 0 Å². The van der Waals surface area contributed by atoms with Crippen LogP contribution in [0.15, 0.2) is 72.8 Å². The fourth-order valence-electron chi connectivity index (χ4n) is 4.27. The molecule has 7 heteroatoms. The average Bonchev–Trinajstić information content (AvgIpc) is 3.38. The number of amides is 2. The fourth-order valence-corrected chi connectivity index (χ4v) is 4.27. The summed E-state index contributed by atoms with van der Waals surface area (Å²) in [5.74, 6) is 0.173. The van der Waals surface area contributed by atoms with Crippen molar-refractivity contribution in [1.29, 1.82) is 0 Å². The molecule has 1 fully saturated rings. The number of carbonyl (C=O) groups is 2. The molecule has 6 nitrogen and oxygen atoms in total. The van der Waals surface area contributed by atoms with Crippen molar-refractivity contribution in [2.75, 3.05) is 25.1 Å². The van der Waals surface area contributed by atoms with E-state index in [1.807, 2.05) is 30.3 Å². The van der Waals surface area contributed by atoms with Crippen molar-refractivity contribution in [3.63, 3.8) is 0 Å². The van der Waals surface area contributed by atoms with Gasteiger partial charge in [0.2, 0.25) is 5.91 Å². The Kier molecular flexibility index (Phi) is 8.68. The van der Waals surface area contributed by atoms with Crippen LogP contribution in [0.2, 0.25) is 0 Å². The van der Waals surface area contributed by atoms with Crippen LogP contribution in [0, 0.1) is 5.82 Å². The van der Waals surface area contributed by atoms with E-state index in [9.17, 15) is 14.0 Å². The van der Waals surface area contributed by atoms with E-state index < -0.39 is 0 Å². The Labute approximate surface area is 211 Å². The highest BCUT2D eigenvalue weighted by Gasteiger charge is 2.24. The summed E-state index contributed by atoms with van der Waals surface area (Å²) in [6, 6.07) is 21.2. The van der Waals surface area contributed by atoms with Crippen molar-refractivity contribution in [1.82, 2.24) is 4.90 Å². The van der Waals surface area contributed by atoms with Crippen molar-refractivity contribution in [3.05, 3.63) is 95.3 Å². The second-order valence-electron chi connectivity index (χ2n) is 8.92. The smallest absolute Gasteiger partial charge is 0.254 e. The van der Waals surface area contributed by atoms with Crippen LogP contribution in [0.4, 0.5) is 10.1 Å². The molecule has 1 N–H and O–H groups in total. The lowest BCUT2D eigenvalue weighted by Gasteiger charge is -2.26. The molecule has 0 aromatic heterocycles. The third-order valence-corrected chi connectivity index (χ3v) is 6.06. The van der Waals surface area contributed by atoms with Crippen LogP contribution in [0.5, 0.6) is 5.75 Å². The number of ether oxygens (including phenoxy) is 2. The third-order valence-electron chi connectivity index (χ3n) is 6.06. The van der Waals surface area contributed by atoms with E-state index in [-0.39, 0.29) is 23.7 Å². The first-order valence-corrected chi connectivity index (χ1v) is 12.2. The third kappa shape index (κ3) is 7.15. The minimum absolute atomic E-state index is 0.00723. The molecule has 0 unspecified atom stereocenters. The standard InChI is InChI=1S/C29H31FN2O4/c1-21(33)31-25-13-11-24(12-14-25)29(34)32(20-27-9-5-16-35-27)19-22-6-4-8-26(18-22)36-17-15-23-7-2-3-10-28(23)30/h2-4,6-8,10-14,18,27H,5,9,15-17,19-20H2,1H3,(H,31,33)/t27-/m1/s1. The first kappa shape index (κ1) is 25.4. The topological polar surface area (TPSA) is 67.9 Å². The summed E-state index contributed by atoms with van der Waals surface area (Å²) in [7, 11) is 0. The van der Waals surface area contributed by atoms with Gasteiger partial charge in [-0.15, -0.1) is 0 Å². The Balaban J connectivity index is 1.43. The quantitative estimate of drug-likeness (QED) is 0.423. The van der Waals surface area contributed by atoms with Crippen LogP contribution in [-0.2, 0) is 22.5 Å². The van der Waals surface area contributed by atoms with Crippen molar-refractivity contribution < 1.29 is 23.5 Å². The molecule has 2 amide bonds. The first-order chi connectivity index (χ1) is 17.5. The van der Waals surface area contributed by atoms with Gasteiger partial charge in [0.25, 0.3) is 5.91 Å². The number of nitrogens with zero attached hydrogens (tertiary/aromatic N) is 1. The molecule has 1 aliphatic rings. The number of nitrogens with one attached hydrogen (secondary N) is 1. The summed E-state index contributed by atoms with van der Waals surface area (Å²) in [4.78, 5) is 26.5. The van der Waals surface area contributed by atoms with Crippen molar-refractivity contribution >= 4 is 17.5 Å². The monoisotopic (exact) mass is 490 g/mol. The van der Waals surface area contributed by atoms with E-state index in [4.69, 9.17) is 9.47 Å². The van der Waals surface area contributed by atoms with Gasteiger partial charge in [0, 0.05) is 44.3 Å². The van der Waals surface area contributed by atoms with Crippen LogP contribution in [0.1, 0.15) is 41.3 Å². The highest BCUT2D eigenvalue weighted by Crippen LogP contribution is 2.21. The number of benzene rings is 3. The lowest BCUT2D eigenvalue weighted by molar-refractivity contribution is -0.114. The molecule has 188 valence electrons. The molecule has 1 atom stereocenters. The Bertz CT molecular complexity index is 1180. The minimum atomic E-state index is -0.233. The molecule has 0 spiro atoms. The molecule has 1 saturated heterocycles. The van der Waals surface area contributed by atoms with Gasteiger partial charge in [-0.1, -0.05) is 30.3 Å². The Morgan fingerprint density at radius 3 is 2.61 bits per heavy atom. The molecular formula is C29H31FN2O4. The zero-order valence-electron chi connectivity index (χ0n) is 20.4. The lowest BCUT2D eigenvalue weighted by Crippen LogP contribution is -2.37. The SMILES string of the molecule is CC(=O)Nc1ccc(C(=O)N(Cc2cccc(OCCc3ccccc3F)c2)C[C@H]2CCCO2)cc1. The van der Waals surface area contributed by atoms with Gasteiger partial charge in [-0.2, -0.15) is 0 Å². The summed E-state index contributed by atoms with van der Waals surface area (Å²) >= 11 is 0. The number of anilines is 1. The Morgan fingerprint density at radius 1 is 1.08 bits per heavy atom. The van der Waals surface area contributed by atoms with Crippen LogP contribution in [0.25, 0.3) is 0 Å². The number of hydrogen-bond acceptors (Lipinski definition) is 4. The van der Waals surface area contributed by atoms with Crippen LogP contribution in [-0.4, -0.2) is 42.6 Å². The Hall–Kier alpha value is -3.71. The highest BCUT2D eigenvalue weighted by atomic mass is 19.1. The number of halogens is 1. The zero-order valence-corrected chi connectivity index (χ0v) is 20.4. The second-order valence-corrected chi connectivity index (χ2v) is 8.92. The number of carbonyl (C=O) groups excluding carboxylic acids is 2. The molecule has 0 aliphatic carbocycles. The van der Waals surface area contributed by atoms with E-state index in [0.29, 0.717) is 55.3 Å². The van der Waals surface area contributed by atoms with Crippen molar-refractivity contribution in [2.24, 2.45) is 0 Å². The summed E-state index contributed by atoms with van der Waals surface area (Å²) in [5.41, 5.74) is 2.73. The molecule has 3 aromatic carbocycles. The van der Waals surface area contributed by atoms with E-state index in [1.165, 1.54) is 13.0 Å². The number of rotatable bonds is 10. The van der Waals surface area contributed by atoms with Gasteiger partial charge in [-0.3, -0.25) is 9.59 Å². The predicted molar refractivity (Wildman–Crippen MR) is 137 cm³/mol. The summed E-state index contributed by atoms with van der Waals surface area (Å²) in [5, 5.41) is 2.72. The molecule has 0 saturated carbocycles. The maximum Gasteiger partial charge on any atom is 0.254 e. The summed E-state index contributed by atoms with van der Waals surface area (Å²) in [6.07, 6.45) is 2.39. The van der Waals surface area contributed by atoms with Gasteiger partial charge < -0.3 is 19.7 Å². The highest BCUT2D eigenvalue weighted by molar-refractivity contribution is 5.95. The molecule has 36 heavy (non-hydrogen) atoms. The second kappa shape index (κ2) is 12.3. The van der Waals surface area contributed by atoms with E-state index in [1.54, 1.807) is 41.3 Å². The van der Waals surface area contributed by atoms with Gasteiger partial charge in [-0.05, 0) is 66.4 Å². The predicted octanol–water partition coefficient (Wildman–Crippen LogP) is 5.23. The molecule has 4 rings (SSSR count). The van der Waals surface area contributed by atoms with Gasteiger partial charge in [-0.25, -0.2) is 4.39 Å². The fraction of sp³-hybridized carbons (Fsp3) is 0.310. The molecule has 1 heterocycles. The van der Waals surface area contributed by atoms with Crippen LogP contribution in [0.3, 0.4) is 0 Å². The van der Waals surface area contributed by atoms with Crippen LogP contribution < -0.4 is 10.1 Å². The van der Waals surface area contributed by atoms with Crippen molar-refractivity contribution in [2.45, 2.75) is 38.8 Å². The molecule has 0 bridgehead atoms. The number of hydrogen-bond donors (Lipinski definition) is 1. The largest absolute Gasteiger partial charge is 0.493 e. The average molecular weight is 491 g/mol. The lowest BCUT2D eigenvalue weighted by atomic mass is 10.1. The van der Waals surface area contributed by atoms with Gasteiger partial charge in [0.1, 0.15) is 11.6 Å². The zero-order chi connectivity index (χ0) is 25.3. The van der Waals surface area contributed by atoms with E-state index >= 15 is 0 Å². The molecule has 3 aromatic rings. The van der Waals surface area contributed by atoms with Gasteiger partial charge in [0.15, 0.2) is 0 Å². The molecular weight excluding hydrogens is 459 g/mol. The maximum atomic E-state index is 13.9. The van der Waals surface area contributed by atoms with E-state index in [2.05, 4.69) is 5.32 Å². The summed E-state index contributed by atoms with van der Waals surface area (Å²) < 4.78 is 25.5. The van der Waals surface area contributed by atoms with Crippen LogP contribution >= 0.6 is 0 Å². The van der Waals surface area contributed by atoms with E-state index in [0.717, 1.165) is 18.4 Å². The minimum Gasteiger partial charge on any atom is -0.493 e. The first-order valence-electron chi connectivity index (χ1n) is 12.2.